The minimum Gasteiger partial charge on any atom is -0.493 e. The Balaban J connectivity index is 1.09. The van der Waals surface area contributed by atoms with E-state index in [2.05, 4.69) is 30.6 Å². The lowest BCUT2D eigenvalue weighted by Gasteiger charge is -2.24. The van der Waals surface area contributed by atoms with Gasteiger partial charge in [-0.2, -0.15) is 0 Å². The Morgan fingerprint density at radius 1 is 0.977 bits per heavy atom. The summed E-state index contributed by atoms with van der Waals surface area (Å²) in [6.45, 7) is 2.02. The number of carboxylic acid groups (broad SMARTS) is 1. The summed E-state index contributed by atoms with van der Waals surface area (Å²) < 4.78 is 0. The third-order valence-electron chi connectivity index (χ3n) is 8.46. The van der Waals surface area contributed by atoms with Crippen molar-refractivity contribution in [3.05, 3.63) is 109 Å². The first-order valence-corrected chi connectivity index (χ1v) is 14.1. The number of aryl methyl sites for hydroxylation is 1. The van der Waals surface area contributed by atoms with Crippen molar-refractivity contribution in [2.45, 2.75) is 57.5 Å². The van der Waals surface area contributed by atoms with Crippen molar-refractivity contribution in [3.8, 4) is 5.88 Å². The van der Waals surface area contributed by atoms with Crippen LogP contribution in [0.5, 0.6) is 5.88 Å². The number of nitrogens with one attached hydrogen (secondary N) is 4. The Bertz CT molecular complexity index is 1830. The van der Waals surface area contributed by atoms with Gasteiger partial charge in [-0.25, -0.2) is 19.6 Å². The summed E-state index contributed by atoms with van der Waals surface area (Å²) in [5.74, 6) is -2.03. The zero-order valence-corrected chi connectivity index (χ0v) is 23.4. The number of rotatable bonds is 7. The zero-order chi connectivity index (χ0) is 30.2. The van der Waals surface area contributed by atoms with Gasteiger partial charge in [-0.3, -0.25) is 14.6 Å². The number of aromatic hydroxyl groups is 1. The number of hydrogen-bond acceptors (Lipinski definition) is 7. The maximum Gasteiger partial charge on any atom is 0.335 e. The van der Waals surface area contributed by atoms with Crippen molar-refractivity contribution in [2.24, 2.45) is 0 Å². The second kappa shape index (κ2) is 11.2. The summed E-state index contributed by atoms with van der Waals surface area (Å²) in [5.41, 5.74) is 6.13. The third kappa shape index (κ3) is 5.51. The second-order valence-corrected chi connectivity index (χ2v) is 11.0. The Hall–Kier alpha value is -5.26. The molecule has 6 rings (SSSR count). The number of aromatic nitrogens is 4. The Morgan fingerprint density at radius 3 is 2.51 bits per heavy atom. The molecule has 0 bridgehead atoms. The SMILES string of the molecule is Cc1c(C(=O)O)ccc2c1CC[C@@H]2NC(=O)c1cc(C(=O)NCc2ccc3c(c2)CC(c2[nH]c(=O)[nH]c2O)CC3)ncn1. The van der Waals surface area contributed by atoms with E-state index >= 15 is 0 Å². The highest BCUT2D eigenvalue weighted by molar-refractivity contribution is 5.97. The summed E-state index contributed by atoms with van der Waals surface area (Å²) in [7, 11) is 0. The molecule has 2 atom stereocenters. The van der Waals surface area contributed by atoms with Crippen LogP contribution in [0.15, 0.2) is 47.5 Å². The average Bonchev–Trinajstić information content (AvgIpc) is 3.57. The molecule has 12 heteroatoms. The van der Waals surface area contributed by atoms with Gasteiger partial charge in [-0.05, 0) is 78.5 Å². The molecule has 4 aromatic rings. The molecule has 12 nitrogen and oxygen atoms in total. The summed E-state index contributed by atoms with van der Waals surface area (Å²) >= 11 is 0. The molecule has 0 spiro atoms. The van der Waals surface area contributed by atoms with Crippen LogP contribution < -0.4 is 16.3 Å². The van der Waals surface area contributed by atoms with E-state index < -0.39 is 23.5 Å². The molecule has 0 aliphatic heterocycles. The molecule has 0 saturated carbocycles. The molecule has 2 heterocycles. The number of carboxylic acids is 1. The highest BCUT2D eigenvalue weighted by Crippen LogP contribution is 2.36. The summed E-state index contributed by atoms with van der Waals surface area (Å²) in [6.07, 6.45) is 4.72. The molecule has 0 radical (unpaired) electrons. The lowest BCUT2D eigenvalue weighted by Crippen LogP contribution is -2.29. The van der Waals surface area contributed by atoms with Gasteiger partial charge in [0.2, 0.25) is 5.88 Å². The van der Waals surface area contributed by atoms with Crippen molar-refractivity contribution in [1.82, 2.24) is 30.6 Å². The van der Waals surface area contributed by atoms with Crippen LogP contribution in [0.3, 0.4) is 0 Å². The van der Waals surface area contributed by atoms with Gasteiger partial charge in [-0.15, -0.1) is 0 Å². The van der Waals surface area contributed by atoms with Gasteiger partial charge in [0, 0.05) is 18.5 Å². The van der Waals surface area contributed by atoms with Crippen LogP contribution >= 0.6 is 0 Å². The van der Waals surface area contributed by atoms with Gasteiger partial charge in [0.15, 0.2) is 0 Å². The predicted octanol–water partition coefficient (Wildman–Crippen LogP) is 2.83. The van der Waals surface area contributed by atoms with Gasteiger partial charge < -0.3 is 25.8 Å². The quantitative estimate of drug-likeness (QED) is 0.192. The number of amides is 2. The number of carbonyl (C=O) groups is 3. The minimum absolute atomic E-state index is 0.0224. The first-order chi connectivity index (χ1) is 20.7. The number of nitrogens with zero attached hydrogens (tertiary/aromatic N) is 2. The summed E-state index contributed by atoms with van der Waals surface area (Å²) in [6, 6.07) is 10.4. The van der Waals surface area contributed by atoms with Crippen LogP contribution in [0, 0.1) is 6.92 Å². The molecular weight excluding hydrogens is 552 g/mol. The number of fused-ring (bicyclic) bond motifs is 2. The highest BCUT2D eigenvalue weighted by Gasteiger charge is 2.28. The van der Waals surface area contributed by atoms with E-state index in [1.807, 2.05) is 18.2 Å². The molecule has 2 aliphatic carbocycles. The Kier molecular flexibility index (Phi) is 7.26. The Morgan fingerprint density at radius 2 is 1.77 bits per heavy atom. The average molecular weight is 583 g/mol. The summed E-state index contributed by atoms with van der Waals surface area (Å²) in [4.78, 5) is 62.2. The molecule has 0 saturated heterocycles. The summed E-state index contributed by atoms with van der Waals surface area (Å²) in [5, 5.41) is 25.3. The number of H-pyrrole nitrogens is 2. The number of aromatic carboxylic acids is 1. The molecule has 6 N–H and O–H groups in total. The van der Waals surface area contributed by atoms with Crippen molar-refractivity contribution in [1.29, 1.82) is 0 Å². The van der Waals surface area contributed by atoms with Gasteiger partial charge >= 0.3 is 11.7 Å². The van der Waals surface area contributed by atoms with Gasteiger partial charge in [-0.1, -0.05) is 24.3 Å². The van der Waals surface area contributed by atoms with E-state index in [-0.39, 0.29) is 41.3 Å². The maximum atomic E-state index is 13.0. The van der Waals surface area contributed by atoms with Crippen LogP contribution in [0.1, 0.15) is 95.2 Å². The maximum absolute atomic E-state index is 13.0. The van der Waals surface area contributed by atoms with Gasteiger partial charge in [0.05, 0.1) is 17.3 Å². The molecule has 1 unspecified atom stereocenters. The molecule has 220 valence electrons. The largest absolute Gasteiger partial charge is 0.493 e. The smallest absolute Gasteiger partial charge is 0.335 e. The van der Waals surface area contributed by atoms with E-state index in [1.54, 1.807) is 19.1 Å². The second-order valence-electron chi connectivity index (χ2n) is 11.0. The number of aromatic amines is 2. The van der Waals surface area contributed by atoms with Crippen molar-refractivity contribution in [3.63, 3.8) is 0 Å². The van der Waals surface area contributed by atoms with Crippen LogP contribution in [-0.4, -0.2) is 47.9 Å². The lowest BCUT2D eigenvalue weighted by molar-refractivity contribution is 0.0695. The molecule has 2 aromatic heterocycles. The lowest BCUT2D eigenvalue weighted by atomic mass is 9.81. The van der Waals surface area contributed by atoms with Crippen molar-refractivity contribution >= 4 is 17.8 Å². The third-order valence-corrected chi connectivity index (χ3v) is 8.46. The molecule has 2 aliphatic rings. The molecular formula is C31H30N6O6. The van der Waals surface area contributed by atoms with Crippen LogP contribution in [-0.2, 0) is 25.8 Å². The number of hydrogen-bond donors (Lipinski definition) is 6. The molecule has 43 heavy (non-hydrogen) atoms. The van der Waals surface area contributed by atoms with E-state index in [4.69, 9.17) is 0 Å². The zero-order valence-electron chi connectivity index (χ0n) is 23.4. The van der Waals surface area contributed by atoms with Crippen LogP contribution in [0.25, 0.3) is 0 Å². The minimum atomic E-state index is -0.979. The van der Waals surface area contributed by atoms with E-state index in [0.29, 0.717) is 30.5 Å². The first-order valence-electron chi connectivity index (χ1n) is 14.1. The molecule has 2 aromatic carbocycles. The number of carbonyl (C=O) groups excluding carboxylic acids is 2. The predicted molar refractivity (Wildman–Crippen MR) is 154 cm³/mol. The Labute approximate surface area is 245 Å². The van der Waals surface area contributed by atoms with E-state index in [1.165, 1.54) is 18.0 Å². The highest BCUT2D eigenvalue weighted by atomic mass is 16.4. The fourth-order valence-corrected chi connectivity index (χ4v) is 6.22. The topological polar surface area (TPSA) is 190 Å². The van der Waals surface area contributed by atoms with Crippen LogP contribution in [0.4, 0.5) is 0 Å². The standard InChI is InChI=1S/C31H30N6O6/c1-15-20-8-9-23(22(20)7-6-21(15)30(41)42)35-28(39)25-12-24(33-14-34-25)27(38)32-13-16-2-3-17-4-5-18(11-19(17)10-16)26-29(40)37-31(43)36-26/h2-3,6-7,10,12,14,18,23,40H,4-5,8-9,11,13H2,1H3,(H,32,38)(H,35,39)(H,41,42)(H2,36,37,43)/t18?,23-/m0/s1. The van der Waals surface area contributed by atoms with E-state index in [0.717, 1.165) is 35.1 Å². The van der Waals surface area contributed by atoms with Crippen molar-refractivity contribution in [2.75, 3.05) is 0 Å². The van der Waals surface area contributed by atoms with E-state index in [9.17, 15) is 29.4 Å². The normalized spacial score (nSPS) is 17.1. The molecule has 0 fully saturated rings. The fraction of sp³-hybridized carbons (Fsp3) is 0.290. The number of imidazole rings is 1. The molecule has 2 amide bonds. The van der Waals surface area contributed by atoms with Crippen LogP contribution in [0.2, 0.25) is 0 Å². The van der Waals surface area contributed by atoms with Gasteiger partial charge in [0.1, 0.15) is 17.7 Å². The first kappa shape index (κ1) is 27.9. The monoisotopic (exact) mass is 582 g/mol. The fourth-order valence-electron chi connectivity index (χ4n) is 6.22. The number of benzene rings is 2. The van der Waals surface area contributed by atoms with Gasteiger partial charge in [0.25, 0.3) is 11.8 Å². The van der Waals surface area contributed by atoms with Crippen molar-refractivity contribution < 1.29 is 24.6 Å².